The molecule has 96 valence electrons. The zero-order valence-corrected chi connectivity index (χ0v) is 10.7. The quantitative estimate of drug-likeness (QED) is 0.651. The van der Waals surface area contributed by atoms with E-state index in [-0.39, 0.29) is 11.7 Å². The SMILES string of the molecule is O=C(NCCSc1ccccc1)C1=COCCO1. The van der Waals surface area contributed by atoms with Crippen molar-refractivity contribution in [2.24, 2.45) is 0 Å². The highest BCUT2D eigenvalue weighted by Crippen LogP contribution is 2.15. The van der Waals surface area contributed by atoms with Gasteiger partial charge in [-0.15, -0.1) is 11.8 Å². The predicted octanol–water partition coefficient (Wildman–Crippen LogP) is 1.78. The third-order valence-corrected chi connectivity index (χ3v) is 3.29. The van der Waals surface area contributed by atoms with E-state index < -0.39 is 0 Å². The summed E-state index contributed by atoms with van der Waals surface area (Å²) in [5.74, 6) is 0.860. The molecule has 0 fully saturated rings. The topological polar surface area (TPSA) is 47.6 Å². The standard InChI is InChI=1S/C13H15NO3S/c15-13(12-10-16-7-8-17-12)14-6-9-18-11-4-2-1-3-5-11/h1-5,10H,6-9H2,(H,14,15). The van der Waals surface area contributed by atoms with Gasteiger partial charge in [0.2, 0.25) is 5.76 Å². The summed E-state index contributed by atoms with van der Waals surface area (Å²) in [6.45, 7) is 1.53. The lowest BCUT2D eigenvalue weighted by atomic mass is 10.4. The van der Waals surface area contributed by atoms with Crippen LogP contribution in [0.4, 0.5) is 0 Å². The van der Waals surface area contributed by atoms with Crippen molar-refractivity contribution in [2.75, 3.05) is 25.5 Å². The van der Waals surface area contributed by atoms with E-state index in [1.165, 1.54) is 11.2 Å². The molecule has 1 aliphatic heterocycles. The van der Waals surface area contributed by atoms with Gasteiger partial charge in [-0.05, 0) is 12.1 Å². The van der Waals surface area contributed by atoms with Crippen LogP contribution in [0.1, 0.15) is 0 Å². The van der Waals surface area contributed by atoms with Gasteiger partial charge >= 0.3 is 0 Å². The summed E-state index contributed by atoms with van der Waals surface area (Å²) in [5.41, 5.74) is 0. The molecule has 1 aromatic rings. The van der Waals surface area contributed by atoms with Crippen molar-refractivity contribution in [1.82, 2.24) is 5.32 Å². The number of hydrogen-bond acceptors (Lipinski definition) is 4. The maximum Gasteiger partial charge on any atom is 0.289 e. The van der Waals surface area contributed by atoms with Gasteiger partial charge in [-0.3, -0.25) is 4.79 Å². The van der Waals surface area contributed by atoms with Crippen LogP contribution >= 0.6 is 11.8 Å². The molecule has 0 spiro atoms. The molecule has 0 aromatic heterocycles. The van der Waals surface area contributed by atoms with E-state index in [1.54, 1.807) is 11.8 Å². The van der Waals surface area contributed by atoms with Crippen LogP contribution in [0.2, 0.25) is 0 Å². The Morgan fingerprint density at radius 2 is 2.11 bits per heavy atom. The van der Waals surface area contributed by atoms with E-state index in [0.717, 1.165) is 5.75 Å². The summed E-state index contributed by atoms with van der Waals surface area (Å²) in [7, 11) is 0. The molecule has 2 rings (SSSR count). The minimum atomic E-state index is -0.219. The largest absolute Gasteiger partial charge is 0.494 e. The first-order valence-corrected chi connectivity index (χ1v) is 6.75. The molecule has 1 aromatic carbocycles. The van der Waals surface area contributed by atoms with Crippen LogP contribution in [0.5, 0.6) is 0 Å². The Morgan fingerprint density at radius 1 is 1.28 bits per heavy atom. The molecule has 1 aliphatic rings. The summed E-state index contributed by atoms with van der Waals surface area (Å²) < 4.78 is 10.2. The maximum absolute atomic E-state index is 11.6. The summed E-state index contributed by atoms with van der Waals surface area (Å²) >= 11 is 1.70. The van der Waals surface area contributed by atoms with Gasteiger partial charge < -0.3 is 14.8 Å². The summed E-state index contributed by atoms with van der Waals surface area (Å²) in [4.78, 5) is 12.8. The zero-order valence-electron chi connectivity index (χ0n) is 9.93. The van der Waals surface area contributed by atoms with Crippen molar-refractivity contribution >= 4 is 17.7 Å². The smallest absolute Gasteiger partial charge is 0.289 e. The van der Waals surface area contributed by atoms with Gasteiger partial charge in [-0.2, -0.15) is 0 Å². The Labute approximate surface area is 110 Å². The highest BCUT2D eigenvalue weighted by molar-refractivity contribution is 7.99. The third-order valence-electron chi connectivity index (χ3n) is 2.27. The molecule has 0 saturated carbocycles. The molecule has 0 radical (unpaired) electrons. The van der Waals surface area contributed by atoms with Gasteiger partial charge in [0.15, 0.2) is 0 Å². The number of rotatable bonds is 5. The number of carbonyl (C=O) groups is 1. The predicted molar refractivity (Wildman–Crippen MR) is 70.2 cm³/mol. The van der Waals surface area contributed by atoms with Crippen molar-refractivity contribution < 1.29 is 14.3 Å². The van der Waals surface area contributed by atoms with Crippen LogP contribution in [0.3, 0.4) is 0 Å². The molecule has 18 heavy (non-hydrogen) atoms. The summed E-state index contributed by atoms with van der Waals surface area (Å²) in [6, 6.07) is 10.1. The minimum Gasteiger partial charge on any atom is -0.494 e. The van der Waals surface area contributed by atoms with E-state index >= 15 is 0 Å². The average Bonchev–Trinajstić information content (AvgIpc) is 2.45. The monoisotopic (exact) mass is 265 g/mol. The first kappa shape index (κ1) is 12.8. The second-order valence-corrected chi connectivity index (χ2v) is 4.79. The Bertz CT molecular complexity index is 420. The molecule has 0 bridgehead atoms. The molecule has 0 saturated heterocycles. The van der Waals surface area contributed by atoms with Crippen LogP contribution in [0.25, 0.3) is 0 Å². The molecular weight excluding hydrogens is 250 g/mol. The molecule has 4 nitrogen and oxygen atoms in total. The Morgan fingerprint density at radius 3 is 2.83 bits per heavy atom. The van der Waals surface area contributed by atoms with Crippen LogP contribution in [0.15, 0.2) is 47.2 Å². The average molecular weight is 265 g/mol. The third kappa shape index (κ3) is 4.00. The molecule has 5 heteroatoms. The number of benzene rings is 1. The molecule has 0 aliphatic carbocycles. The van der Waals surface area contributed by atoms with Crippen LogP contribution in [-0.2, 0) is 14.3 Å². The second-order valence-electron chi connectivity index (χ2n) is 3.62. The number of hydrogen-bond donors (Lipinski definition) is 1. The number of ether oxygens (including phenoxy) is 2. The van der Waals surface area contributed by atoms with Gasteiger partial charge in [-0.25, -0.2) is 0 Å². The van der Waals surface area contributed by atoms with E-state index in [0.29, 0.717) is 19.8 Å². The van der Waals surface area contributed by atoms with Crippen molar-refractivity contribution in [3.05, 3.63) is 42.4 Å². The zero-order chi connectivity index (χ0) is 12.6. The second kappa shape index (κ2) is 6.96. The maximum atomic E-state index is 11.6. The highest BCUT2D eigenvalue weighted by atomic mass is 32.2. The van der Waals surface area contributed by atoms with Crippen LogP contribution in [-0.4, -0.2) is 31.4 Å². The van der Waals surface area contributed by atoms with E-state index in [2.05, 4.69) is 5.32 Å². The highest BCUT2D eigenvalue weighted by Gasteiger charge is 2.13. The van der Waals surface area contributed by atoms with Gasteiger partial charge in [0, 0.05) is 17.2 Å². The minimum absolute atomic E-state index is 0.219. The molecular formula is C13H15NO3S. The lowest BCUT2D eigenvalue weighted by Crippen LogP contribution is -2.30. The normalized spacial score (nSPS) is 14.1. The fourth-order valence-corrected chi connectivity index (χ4v) is 2.21. The van der Waals surface area contributed by atoms with E-state index in [4.69, 9.17) is 9.47 Å². The number of thioether (sulfide) groups is 1. The number of amides is 1. The Hall–Kier alpha value is -1.62. The first-order valence-electron chi connectivity index (χ1n) is 5.77. The van der Waals surface area contributed by atoms with Crippen molar-refractivity contribution in [3.63, 3.8) is 0 Å². The molecule has 1 N–H and O–H groups in total. The van der Waals surface area contributed by atoms with Crippen molar-refractivity contribution in [1.29, 1.82) is 0 Å². The summed E-state index contributed by atoms with van der Waals surface area (Å²) in [5, 5.41) is 2.79. The fraction of sp³-hybridized carbons (Fsp3) is 0.308. The lowest BCUT2D eigenvalue weighted by Gasteiger charge is -2.14. The van der Waals surface area contributed by atoms with E-state index in [1.807, 2.05) is 30.3 Å². The van der Waals surface area contributed by atoms with Crippen LogP contribution < -0.4 is 5.32 Å². The van der Waals surface area contributed by atoms with Gasteiger partial charge in [0.1, 0.15) is 19.5 Å². The van der Waals surface area contributed by atoms with E-state index in [9.17, 15) is 4.79 Å². The fourth-order valence-electron chi connectivity index (χ4n) is 1.42. The summed E-state index contributed by atoms with van der Waals surface area (Å²) in [6.07, 6.45) is 1.36. The Balaban J connectivity index is 1.66. The molecule has 1 amide bonds. The number of carbonyl (C=O) groups excluding carboxylic acids is 1. The lowest BCUT2D eigenvalue weighted by molar-refractivity contribution is -0.122. The molecule has 1 heterocycles. The molecule has 0 unspecified atom stereocenters. The first-order chi connectivity index (χ1) is 8.86. The molecule has 0 atom stereocenters. The van der Waals surface area contributed by atoms with Gasteiger partial charge in [0.25, 0.3) is 5.91 Å². The number of nitrogens with one attached hydrogen (secondary N) is 1. The van der Waals surface area contributed by atoms with Gasteiger partial charge in [0.05, 0.1) is 0 Å². The van der Waals surface area contributed by atoms with Crippen molar-refractivity contribution in [2.45, 2.75) is 4.90 Å². The van der Waals surface area contributed by atoms with Gasteiger partial charge in [-0.1, -0.05) is 18.2 Å². The van der Waals surface area contributed by atoms with Crippen LogP contribution in [0, 0.1) is 0 Å². The Kier molecular flexibility index (Phi) is 4.96. The van der Waals surface area contributed by atoms with Crippen molar-refractivity contribution in [3.8, 4) is 0 Å².